The molecule has 0 spiro atoms. The van der Waals surface area contributed by atoms with Crippen molar-refractivity contribution in [1.29, 1.82) is 0 Å². The minimum atomic E-state index is -0.855. The van der Waals surface area contributed by atoms with Gasteiger partial charge in [-0.25, -0.2) is 0 Å². The largest absolute Gasteiger partial charge is 0.494 e. The van der Waals surface area contributed by atoms with Crippen molar-refractivity contribution in [2.75, 3.05) is 11.5 Å². The minimum absolute atomic E-state index is 0.129. The number of hydrogen-bond acceptors (Lipinski definition) is 4. The summed E-state index contributed by atoms with van der Waals surface area (Å²) in [5, 5.41) is 3.17. The molecule has 166 valence electrons. The van der Waals surface area contributed by atoms with Crippen LogP contribution in [-0.4, -0.2) is 24.5 Å². The molecule has 4 rings (SSSR count). The van der Waals surface area contributed by atoms with Crippen LogP contribution in [0.15, 0.2) is 77.4 Å². The van der Waals surface area contributed by atoms with E-state index >= 15 is 0 Å². The molecule has 1 saturated carbocycles. The lowest BCUT2D eigenvalue weighted by Gasteiger charge is -2.31. The number of nitrogens with zero attached hydrogens (tertiary/aromatic N) is 1. The number of anilines is 1. The maximum Gasteiger partial charge on any atom is 0.294 e. The fourth-order valence-corrected chi connectivity index (χ4v) is 4.17. The van der Waals surface area contributed by atoms with Crippen molar-refractivity contribution in [3.63, 3.8) is 0 Å². The molecule has 0 unspecified atom stereocenters. The number of carbonyl (C=O) groups excluding carboxylic acids is 2. The van der Waals surface area contributed by atoms with Gasteiger partial charge in [0.05, 0.1) is 12.9 Å². The highest BCUT2D eigenvalue weighted by molar-refractivity contribution is 6.08. The second kappa shape index (κ2) is 10.2. The summed E-state index contributed by atoms with van der Waals surface area (Å²) in [5.41, 5.74) is 1.32. The van der Waals surface area contributed by atoms with E-state index in [1.165, 1.54) is 11.2 Å². The normalized spacial score (nSPS) is 14.7. The highest BCUT2D eigenvalue weighted by Gasteiger charge is 2.35. The van der Waals surface area contributed by atoms with E-state index in [4.69, 9.17) is 9.15 Å². The van der Waals surface area contributed by atoms with Crippen molar-refractivity contribution in [1.82, 2.24) is 5.32 Å². The van der Waals surface area contributed by atoms with Gasteiger partial charge in [0, 0.05) is 11.7 Å². The predicted octanol–water partition coefficient (Wildman–Crippen LogP) is 5.13. The monoisotopic (exact) mass is 432 g/mol. The van der Waals surface area contributed by atoms with Crippen LogP contribution in [0.25, 0.3) is 0 Å². The van der Waals surface area contributed by atoms with E-state index in [9.17, 15) is 9.59 Å². The molecular weight excluding hydrogens is 404 g/mol. The summed E-state index contributed by atoms with van der Waals surface area (Å²) < 4.78 is 11.0. The smallest absolute Gasteiger partial charge is 0.294 e. The van der Waals surface area contributed by atoms with Crippen molar-refractivity contribution >= 4 is 17.5 Å². The van der Waals surface area contributed by atoms with Crippen LogP contribution in [0.4, 0.5) is 5.69 Å². The first-order valence-corrected chi connectivity index (χ1v) is 11.1. The number of furan rings is 1. The second-order valence-electron chi connectivity index (χ2n) is 7.88. The van der Waals surface area contributed by atoms with E-state index in [0.29, 0.717) is 17.9 Å². The van der Waals surface area contributed by atoms with Crippen molar-refractivity contribution in [3.05, 3.63) is 84.3 Å². The molecular formula is C26H28N2O4. The summed E-state index contributed by atoms with van der Waals surface area (Å²) in [6, 6.07) is 19.1. The van der Waals surface area contributed by atoms with Crippen molar-refractivity contribution in [2.24, 2.45) is 0 Å². The molecule has 6 heteroatoms. The molecule has 1 aromatic heterocycles. The highest BCUT2D eigenvalue weighted by Crippen LogP contribution is 2.31. The lowest BCUT2D eigenvalue weighted by molar-refractivity contribution is -0.123. The zero-order valence-electron chi connectivity index (χ0n) is 18.2. The summed E-state index contributed by atoms with van der Waals surface area (Å²) >= 11 is 0. The van der Waals surface area contributed by atoms with Crippen molar-refractivity contribution in [2.45, 2.75) is 44.7 Å². The number of para-hydroxylation sites is 1. The topological polar surface area (TPSA) is 71.8 Å². The minimum Gasteiger partial charge on any atom is -0.494 e. The maximum atomic E-state index is 13.6. The van der Waals surface area contributed by atoms with E-state index in [-0.39, 0.29) is 23.6 Å². The number of ether oxygens (including phenoxy) is 1. The fourth-order valence-electron chi connectivity index (χ4n) is 4.17. The van der Waals surface area contributed by atoms with Crippen LogP contribution in [0.1, 0.15) is 54.8 Å². The molecule has 2 aromatic carbocycles. The molecule has 0 saturated heterocycles. The molecule has 1 N–H and O–H groups in total. The Hall–Kier alpha value is -3.54. The Morgan fingerprint density at radius 3 is 2.38 bits per heavy atom. The molecule has 3 aromatic rings. The number of nitrogens with one attached hydrogen (secondary N) is 1. The lowest BCUT2D eigenvalue weighted by Crippen LogP contribution is -2.46. The van der Waals surface area contributed by atoms with Gasteiger partial charge in [-0.3, -0.25) is 14.5 Å². The molecule has 32 heavy (non-hydrogen) atoms. The standard InChI is InChI=1S/C26H28N2O4/c1-2-31-22-16-14-19(15-17-22)24(25(29)27-20-9-6-7-10-20)28(21-11-4-3-5-12-21)26(30)23-13-8-18-32-23/h3-5,8,11-18,20,24H,2,6-7,9-10H2,1H3,(H,27,29)/t24-/m0/s1. The Balaban J connectivity index is 1.76. The molecule has 0 radical (unpaired) electrons. The van der Waals surface area contributed by atoms with Gasteiger partial charge in [0.15, 0.2) is 5.76 Å². The summed E-state index contributed by atoms with van der Waals surface area (Å²) in [6.07, 6.45) is 5.58. The molecule has 0 aliphatic heterocycles. The Bertz CT molecular complexity index is 1010. The molecule has 1 aliphatic carbocycles. The highest BCUT2D eigenvalue weighted by atomic mass is 16.5. The number of hydrogen-bond donors (Lipinski definition) is 1. The third kappa shape index (κ3) is 4.85. The SMILES string of the molecule is CCOc1ccc([C@@H](C(=O)NC2CCCC2)N(C(=O)c2ccco2)c2ccccc2)cc1. The van der Waals surface area contributed by atoms with Crippen LogP contribution in [0, 0.1) is 0 Å². The average molecular weight is 433 g/mol. The quantitative estimate of drug-likeness (QED) is 0.536. The first-order chi connectivity index (χ1) is 15.7. The fraction of sp³-hybridized carbons (Fsp3) is 0.308. The Labute approximate surface area is 188 Å². The van der Waals surface area contributed by atoms with Gasteiger partial charge in [-0.15, -0.1) is 0 Å². The van der Waals surface area contributed by atoms with Gasteiger partial charge in [0.2, 0.25) is 5.91 Å². The molecule has 6 nitrogen and oxygen atoms in total. The predicted molar refractivity (Wildman–Crippen MR) is 123 cm³/mol. The third-order valence-corrected chi connectivity index (χ3v) is 5.70. The van der Waals surface area contributed by atoms with Gasteiger partial charge in [-0.05, 0) is 61.7 Å². The zero-order chi connectivity index (χ0) is 22.3. The van der Waals surface area contributed by atoms with Crippen LogP contribution in [0.2, 0.25) is 0 Å². The zero-order valence-corrected chi connectivity index (χ0v) is 18.2. The van der Waals surface area contributed by atoms with Gasteiger partial charge >= 0.3 is 0 Å². The average Bonchev–Trinajstić information content (AvgIpc) is 3.53. The van der Waals surface area contributed by atoms with E-state index in [0.717, 1.165) is 31.4 Å². The molecule has 1 atom stereocenters. The van der Waals surface area contributed by atoms with E-state index in [2.05, 4.69) is 5.32 Å². The molecule has 2 amide bonds. The first-order valence-electron chi connectivity index (χ1n) is 11.1. The third-order valence-electron chi connectivity index (χ3n) is 5.70. The van der Waals surface area contributed by atoms with Crippen molar-refractivity contribution in [3.8, 4) is 5.75 Å². The number of rotatable bonds is 8. The van der Waals surface area contributed by atoms with Crippen LogP contribution in [0.3, 0.4) is 0 Å². The molecule has 1 aliphatic rings. The number of benzene rings is 2. The van der Waals surface area contributed by atoms with Crippen LogP contribution in [-0.2, 0) is 4.79 Å². The van der Waals surface area contributed by atoms with Gasteiger partial charge in [0.25, 0.3) is 5.91 Å². The van der Waals surface area contributed by atoms with Crippen LogP contribution < -0.4 is 15.0 Å². The van der Waals surface area contributed by atoms with Gasteiger partial charge in [-0.1, -0.05) is 43.2 Å². The summed E-state index contributed by atoms with van der Waals surface area (Å²) in [5.74, 6) is 0.319. The summed E-state index contributed by atoms with van der Waals surface area (Å²) in [4.78, 5) is 28.7. The lowest BCUT2D eigenvalue weighted by atomic mass is 10.0. The van der Waals surface area contributed by atoms with E-state index < -0.39 is 6.04 Å². The second-order valence-corrected chi connectivity index (χ2v) is 7.88. The van der Waals surface area contributed by atoms with Crippen molar-refractivity contribution < 1.29 is 18.7 Å². The van der Waals surface area contributed by atoms with E-state index in [1.54, 1.807) is 12.1 Å². The molecule has 1 fully saturated rings. The van der Waals surface area contributed by atoms with Gasteiger partial charge in [-0.2, -0.15) is 0 Å². The van der Waals surface area contributed by atoms with Gasteiger partial charge in [0.1, 0.15) is 11.8 Å². The molecule has 0 bridgehead atoms. The Morgan fingerprint density at radius 1 is 1.03 bits per heavy atom. The maximum absolute atomic E-state index is 13.6. The Kier molecular flexibility index (Phi) is 6.90. The van der Waals surface area contributed by atoms with E-state index in [1.807, 2.05) is 61.5 Å². The molecule has 1 heterocycles. The first kappa shape index (κ1) is 21.7. The van der Waals surface area contributed by atoms with Crippen LogP contribution >= 0.6 is 0 Å². The number of carbonyl (C=O) groups is 2. The summed E-state index contributed by atoms with van der Waals surface area (Å²) in [7, 11) is 0. The Morgan fingerprint density at radius 2 is 1.75 bits per heavy atom. The number of amides is 2. The summed E-state index contributed by atoms with van der Waals surface area (Å²) in [6.45, 7) is 2.48. The van der Waals surface area contributed by atoms with Gasteiger partial charge < -0.3 is 14.5 Å². The van der Waals surface area contributed by atoms with Crippen LogP contribution in [0.5, 0.6) is 5.75 Å².